The summed E-state index contributed by atoms with van der Waals surface area (Å²) in [7, 11) is 0. The molecule has 0 radical (unpaired) electrons. The Morgan fingerprint density at radius 2 is 1.74 bits per heavy atom. The van der Waals surface area contributed by atoms with E-state index >= 15 is 0 Å². The fraction of sp³-hybridized carbons (Fsp3) is 0.440. The summed E-state index contributed by atoms with van der Waals surface area (Å²) in [5.74, 6) is 0.0322. The van der Waals surface area contributed by atoms with Gasteiger partial charge in [0, 0.05) is 28.8 Å². The fourth-order valence-electron chi connectivity index (χ4n) is 5.43. The summed E-state index contributed by atoms with van der Waals surface area (Å²) >= 11 is 12.5. The van der Waals surface area contributed by atoms with E-state index in [0.717, 1.165) is 11.1 Å². The van der Waals surface area contributed by atoms with Crippen molar-refractivity contribution in [3.63, 3.8) is 0 Å². The lowest BCUT2D eigenvalue weighted by Crippen LogP contribution is -2.62. The van der Waals surface area contributed by atoms with Crippen LogP contribution in [-0.2, 0) is 9.59 Å². The van der Waals surface area contributed by atoms with Crippen molar-refractivity contribution in [2.24, 2.45) is 5.41 Å². The number of Topliss-reactive ketones (excluding diaryl/α,β-unsaturated/α-hetero) is 1. The normalized spacial score (nSPS) is 24.7. The molecule has 1 heterocycles. The van der Waals surface area contributed by atoms with Crippen LogP contribution < -0.4 is 0 Å². The minimum atomic E-state index is -0.699. The summed E-state index contributed by atoms with van der Waals surface area (Å²) in [6.07, 6.45) is 1.03. The number of hydrogen-bond donors (Lipinski definition) is 1. The Kier molecular flexibility index (Phi) is 6.17. The average molecular weight is 460 g/mol. The van der Waals surface area contributed by atoms with E-state index in [1.165, 1.54) is 0 Å². The third-order valence-electron chi connectivity index (χ3n) is 6.87. The molecule has 4 nitrogen and oxygen atoms in total. The number of carbonyl (C=O) groups excluding carboxylic acids is 2. The smallest absolute Gasteiger partial charge is 0.230 e. The largest absolute Gasteiger partial charge is 0.391 e. The molecule has 4 atom stereocenters. The first kappa shape index (κ1) is 22.3. The molecule has 2 aliphatic rings. The average Bonchev–Trinajstić information content (AvgIpc) is 2.70. The molecular formula is C25H27Cl2NO3. The highest BCUT2D eigenvalue weighted by atomic mass is 35.5. The number of nitrogens with zero attached hydrogens (tertiary/aromatic N) is 1. The maximum absolute atomic E-state index is 13.9. The summed E-state index contributed by atoms with van der Waals surface area (Å²) in [4.78, 5) is 27.8. The Morgan fingerprint density at radius 3 is 2.29 bits per heavy atom. The summed E-state index contributed by atoms with van der Waals surface area (Å²) in [5.41, 5.74) is 1.29. The van der Waals surface area contributed by atoms with Crippen molar-refractivity contribution < 1.29 is 14.7 Å². The summed E-state index contributed by atoms with van der Waals surface area (Å²) in [6, 6.07) is 14.6. The van der Waals surface area contributed by atoms with Gasteiger partial charge in [-0.05, 0) is 55.2 Å². The van der Waals surface area contributed by atoms with Gasteiger partial charge in [-0.25, -0.2) is 0 Å². The molecule has 1 spiro atoms. The van der Waals surface area contributed by atoms with Gasteiger partial charge in [0.25, 0.3) is 0 Å². The minimum Gasteiger partial charge on any atom is -0.391 e. The number of ketones is 1. The van der Waals surface area contributed by atoms with E-state index in [9.17, 15) is 14.7 Å². The van der Waals surface area contributed by atoms with Crippen molar-refractivity contribution in [2.75, 3.05) is 0 Å². The topological polar surface area (TPSA) is 57.6 Å². The van der Waals surface area contributed by atoms with Crippen molar-refractivity contribution in [2.45, 2.75) is 63.6 Å². The van der Waals surface area contributed by atoms with Crippen molar-refractivity contribution in [3.8, 4) is 0 Å². The molecule has 2 aromatic rings. The van der Waals surface area contributed by atoms with Crippen LogP contribution in [0.4, 0.5) is 0 Å². The van der Waals surface area contributed by atoms with E-state index in [2.05, 4.69) is 0 Å². The van der Waals surface area contributed by atoms with Crippen LogP contribution in [-0.4, -0.2) is 33.8 Å². The zero-order valence-electron chi connectivity index (χ0n) is 17.7. The predicted octanol–water partition coefficient (Wildman–Crippen LogP) is 5.56. The number of amides is 1. The van der Waals surface area contributed by atoms with Gasteiger partial charge in [-0.15, -0.1) is 0 Å². The molecule has 0 bridgehead atoms. The molecule has 1 N–H and O–H groups in total. The zero-order valence-corrected chi connectivity index (χ0v) is 19.2. The van der Waals surface area contributed by atoms with E-state index in [0.29, 0.717) is 22.9 Å². The van der Waals surface area contributed by atoms with Crippen LogP contribution in [0.2, 0.25) is 10.0 Å². The molecule has 1 amide bonds. The number of aliphatic hydroxyl groups is 1. The zero-order chi connectivity index (χ0) is 22.3. The number of piperidine rings is 1. The van der Waals surface area contributed by atoms with Crippen LogP contribution in [0.1, 0.15) is 62.6 Å². The van der Waals surface area contributed by atoms with Gasteiger partial charge in [0.05, 0.1) is 23.6 Å². The van der Waals surface area contributed by atoms with Crippen LogP contribution in [0, 0.1) is 5.41 Å². The molecule has 4 rings (SSSR count). The van der Waals surface area contributed by atoms with E-state index < -0.39 is 11.5 Å². The van der Waals surface area contributed by atoms with Gasteiger partial charge >= 0.3 is 0 Å². The van der Waals surface area contributed by atoms with E-state index in [1.807, 2.05) is 60.4 Å². The monoisotopic (exact) mass is 459 g/mol. The van der Waals surface area contributed by atoms with Crippen LogP contribution >= 0.6 is 23.2 Å². The Balaban J connectivity index is 1.90. The maximum atomic E-state index is 13.9. The molecule has 2 fully saturated rings. The summed E-state index contributed by atoms with van der Waals surface area (Å²) in [5, 5.41) is 11.9. The number of rotatable bonds is 5. The molecule has 1 saturated heterocycles. The third kappa shape index (κ3) is 4.02. The Hall–Kier alpha value is -1.88. The molecule has 164 valence electrons. The molecule has 1 aliphatic heterocycles. The number of benzene rings is 2. The Labute approximate surface area is 193 Å². The predicted molar refractivity (Wildman–Crippen MR) is 122 cm³/mol. The maximum Gasteiger partial charge on any atom is 0.230 e. The second-order valence-corrected chi connectivity index (χ2v) is 9.84. The Morgan fingerprint density at radius 1 is 1.06 bits per heavy atom. The molecule has 0 unspecified atom stereocenters. The third-order valence-corrected chi connectivity index (χ3v) is 7.36. The molecule has 1 saturated carbocycles. The molecule has 2 aromatic carbocycles. The second-order valence-electron chi connectivity index (χ2n) is 8.96. The van der Waals surface area contributed by atoms with Crippen LogP contribution in [0.3, 0.4) is 0 Å². The van der Waals surface area contributed by atoms with Gasteiger partial charge in [-0.1, -0.05) is 54.4 Å². The van der Waals surface area contributed by atoms with E-state index in [4.69, 9.17) is 23.2 Å². The van der Waals surface area contributed by atoms with Crippen LogP contribution in [0.5, 0.6) is 0 Å². The summed E-state index contributed by atoms with van der Waals surface area (Å²) < 4.78 is 0. The van der Waals surface area contributed by atoms with Gasteiger partial charge in [0.2, 0.25) is 5.91 Å². The van der Waals surface area contributed by atoms with E-state index in [1.54, 1.807) is 6.92 Å². The van der Waals surface area contributed by atoms with Gasteiger partial charge in [0.15, 0.2) is 0 Å². The lowest BCUT2D eigenvalue weighted by Gasteiger charge is -2.56. The van der Waals surface area contributed by atoms with E-state index in [-0.39, 0.29) is 42.5 Å². The van der Waals surface area contributed by atoms with Crippen molar-refractivity contribution in [1.29, 1.82) is 0 Å². The minimum absolute atomic E-state index is 0.0296. The molecule has 6 heteroatoms. The second kappa shape index (κ2) is 8.57. The highest BCUT2D eigenvalue weighted by Crippen LogP contribution is 2.57. The van der Waals surface area contributed by atoms with Crippen LogP contribution in [0.15, 0.2) is 48.5 Å². The lowest BCUT2D eigenvalue weighted by molar-refractivity contribution is -0.170. The van der Waals surface area contributed by atoms with Crippen LogP contribution in [0.25, 0.3) is 0 Å². The quantitative estimate of drug-likeness (QED) is 0.636. The highest BCUT2D eigenvalue weighted by molar-refractivity contribution is 6.30. The fourth-order valence-corrected chi connectivity index (χ4v) is 5.75. The van der Waals surface area contributed by atoms with Gasteiger partial charge in [-0.3, -0.25) is 9.59 Å². The number of halogens is 2. The first-order valence-corrected chi connectivity index (χ1v) is 11.5. The van der Waals surface area contributed by atoms with Gasteiger partial charge in [-0.2, -0.15) is 0 Å². The van der Waals surface area contributed by atoms with Crippen molar-refractivity contribution >= 4 is 34.9 Å². The number of carbonyl (C=O) groups is 2. The molecule has 31 heavy (non-hydrogen) atoms. The molecule has 1 aliphatic carbocycles. The number of aliphatic hydroxyl groups excluding tert-OH is 1. The number of likely N-dealkylation sites (tertiary alicyclic amines) is 1. The van der Waals surface area contributed by atoms with Crippen molar-refractivity contribution in [1.82, 2.24) is 4.90 Å². The molecular weight excluding hydrogens is 433 g/mol. The van der Waals surface area contributed by atoms with Gasteiger partial charge in [0.1, 0.15) is 5.78 Å². The SMILES string of the molecule is CC[C@@H]([C@H](C)O)N1C(=O)C2(CC(=O)C2)C[C@H](c2cccc(Cl)c2)[C@H]1c1ccc(Cl)cc1. The lowest BCUT2D eigenvalue weighted by atomic mass is 9.57. The Bertz CT molecular complexity index is 981. The standard InChI is InChI=1S/C25H27Cl2NO3/c1-3-22(15(2)29)28-23(16-7-9-18(26)10-8-16)21(17-5-4-6-19(27)11-17)14-25(24(28)31)12-20(30)13-25/h4-11,15,21-23,29H,3,12-14H2,1-2H3/t15-,21+,22-,23+/m0/s1. The highest BCUT2D eigenvalue weighted by Gasteiger charge is 2.59. The first-order chi connectivity index (χ1) is 14.8. The van der Waals surface area contributed by atoms with Crippen molar-refractivity contribution in [3.05, 3.63) is 69.7 Å². The number of hydrogen-bond acceptors (Lipinski definition) is 3. The van der Waals surface area contributed by atoms with Gasteiger partial charge < -0.3 is 10.0 Å². The molecule has 0 aromatic heterocycles. The first-order valence-electron chi connectivity index (χ1n) is 10.8. The summed E-state index contributed by atoms with van der Waals surface area (Å²) in [6.45, 7) is 3.70.